The first-order valence-electron chi connectivity index (χ1n) is 6.73. The first-order chi connectivity index (χ1) is 8.79. The van der Waals surface area contributed by atoms with Crippen molar-refractivity contribution in [1.82, 2.24) is 5.32 Å². The zero-order valence-corrected chi connectivity index (χ0v) is 10.5. The molecule has 3 unspecified atom stereocenters. The van der Waals surface area contributed by atoms with Gasteiger partial charge in [-0.25, -0.2) is 0 Å². The molecular weight excluding hydrogens is 226 g/mol. The van der Waals surface area contributed by atoms with E-state index < -0.39 is 0 Å². The number of carbonyl (C=O) groups is 1. The first kappa shape index (κ1) is 11.9. The molecule has 18 heavy (non-hydrogen) atoms. The maximum atomic E-state index is 11.6. The van der Waals surface area contributed by atoms with Crippen LogP contribution in [0.2, 0.25) is 0 Å². The van der Waals surface area contributed by atoms with Crippen LogP contribution in [-0.4, -0.2) is 30.6 Å². The van der Waals surface area contributed by atoms with Gasteiger partial charge in [0.1, 0.15) is 5.78 Å². The van der Waals surface area contributed by atoms with Crippen molar-refractivity contribution in [2.75, 3.05) is 6.61 Å². The molecule has 2 heterocycles. The number of fused-ring (bicyclic) bond motifs is 2. The van der Waals surface area contributed by atoms with E-state index in [1.807, 2.05) is 6.07 Å². The number of hydrogen-bond acceptors (Lipinski definition) is 3. The van der Waals surface area contributed by atoms with Gasteiger partial charge in [-0.05, 0) is 18.4 Å². The Morgan fingerprint density at radius 3 is 2.78 bits per heavy atom. The number of carbonyl (C=O) groups excluding carboxylic acids is 1. The second-order valence-corrected chi connectivity index (χ2v) is 5.39. The Morgan fingerprint density at radius 2 is 1.94 bits per heavy atom. The zero-order chi connectivity index (χ0) is 12.4. The summed E-state index contributed by atoms with van der Waals surface area (Å²) in [6.45, 7) is 0.666. The van der Waals surface area contributed by atoms with E-state index in [2.05, 4.69) is 29.6 Å². The predicted molar refractivity (Wildman–Crippen MR) is 69.5 cm³/mol. The van der Waals surface area contributed by atoms with Crippen LogP contribution in [-0.2, 0) is 16.0 Å². The number of ketones is 1. The van der Waals surface area contributed by atoms with E-state index in [-0.39, 0.29) is 12.1 Å². The molecule has 3 heteroatoms. The molecule has 2 aliphatic rings. The van der Waals surface area contributed by atoms with Crippen LogP contribution in [0.3, 0.4) is 0 Å². The second-order valence-electron chi connectivity index (χ2n) is 5.39. The highest BCUT2D eigenvalue weighted by Crippen LogP contribution is 2.22. The van der Waals surface area contributed by atoms with Gasteiger partial charge in [-0.1, -0.05) is 30.3 Å². The van der Waals surface area contributed by atoms with Crippen molar-refractivity contribution < 1.29 is 9.53 Å². The van der Waals surface area contributed by atoms with Gasteiger partial charge < -0.3 is 10.1 Å². The van der Waals surface area contributed by atoms with Crippen LogP contribution < -0.4 is 5.32 Å². The summed E-state index contributed by atoms with van der Waals surface area (Å²) in [4.78, 5) is 11.6. The molecule has 0 spiro atoms. The molecule has 3 atom stereocenters. The van der Waals surface area contributed by atoms with Crippen LogP contribution in [0.25, 0.3) is 0 Å². The molecule has 2 saturated heterocycles. The van der Waals surface area contributed by atoms with Crippen LogP contribution >= 0.6 is 0 Å². The average molecular weight is 245 g/mol. The van der Waals surface area contributed by atoms with E-state index in [1.165, 1.54) is 5.56 Å². The van der Waals surface area contributed by atoms with Gasteiger partial charge >= 0.3 is 0 Å². The Hall–Kier alpha value is -1.19. The van der Waals surface area contributed by atoms with E-state index in [9.17, 15) is 4.79 Å². The van der Waals surface area contributed by atoms with Crippen LogP contribution in [0.1, 0.15) is 24.8 Å². The van der Waals surface area contributed by atoms with Gasteiger partial charge in [0.05, 0.1) is 12.7 Å². The van der Waals surface area contributed by atoms with Gasteiger partial charge in [-0.15, -0.1) is 0 Å². The molecule has 2 fully saturated rings. The summed E-state index contributed by atoms with van der Waals surface area (Å²) < 4.78 is 5.95. The van der Waals surface area contributed by atoms with Crippen molar-refractivity contribution in [3.63, 3.8) is 0 Å². The lowest BCUT2D eigenvalue weighted by Gasteiger charge is -2.26. The van der Waals surface area contributed by atoms with Crippen molar-refractivity contribution in [3.05, 3.63) is 35.9 Å². The fraction of sp³-hybridized carbons (Fsp3) is 0.533. The standard InChI is InChI=1S/C15H19NO2/c17-14-7-12-9-15(18-10-13(8-14)16-12)6-11-4-2-1-3-5-11/h1-5,12-13,15-16H,6-10H2. The highest BCUT2D eigenvalue weighted by atomic mass is 16.5. The topological polar surface area (TPSA) is 38.3 Å². The van der Waals surface area contributed by atoms with Crippen LogP contribution in [0, 0.1) is 0 Å². The largest absolute Gasteiger partial charge is 0.376 e. The maximum Gasteiger partial charge on any atom is 0.136 e. The molecule has 0 radical (unpaired) electrons. The average Bonchev–Trinajstić information content (AvgIpc) is 2.49. The normalized spacial score (nSPS) is 32.0. The summed E-state index contributed by atoms with van der Waals surface area (Å²) in [5, 5.41) is 3.52. The van der Waals surface area contributed by atoms with Gasteiger partial charge in [-0.3, -0.25) is 4.79 Å². The third-order valence-electron chi connectivity index (χ3n) is 3.81. The number of rotatable bonds is 2. The van der Waals surface area contributed by atoms with Gasteiger partial charge in [-0.2, -0.15) is 0 Å². The Balaban J connectivity index is 1.66. The summed E-state index contributed by atoms with van der Waals surface area (Å²) in [5.74, 6) is 0.382. The smallest absolute Gasteiger partial charge is 0.136 e. The van der Waals surface area contributed by atoms with Crippen molar-refractivity contribution in [3.8, 4) is 0 Å². The number of piperidine rings is 1. The van der Waals surface area contributed by atoms with E-state index in [0.29, 0.717) is 31.3 Å². The Kier molecular flexibility index (Phi) is 3.43. The fourth-order valence-corrected chi connectivity index (χ4v) is 3.00. The molecule has 2 bridgehead atoms. The van der Waals surface area contributed by atoms with E-state index in [1.54, 1.807) is 0 Å². The SMILES string of the molecule is O=C1CC2COC(Cc3ccccc3)CC(C1)N2. The number of Topliss-reactive ketones (excluding diaryl/α,β-unsaturated/α-hetero) is 1. The van der Waals surface area contributed by atoms with Gasteiger partial charge in [0.25, 0.3) is 0 Å². The third-order valence-corrected chi connectivity index (χ3v) is 3.81. The van der Waals surface area contributed by atoms with Gasteiger partial charge in [0.15, 0.2) is 0 Å². The highest BCUT2D eigenvalue weighted by Gasteiger charge is 2.32. The third kappa shape index (κ3) is 2.79. The molecule has 3 rings (SSSR count). The van der Waals surface area contributed by atoms with Crippen molar-refractivity contribution in [2.24, 2.45) is 0 Å². The molecule has 1 N–H and O–H groups in total. The minimum Gasteiger partial charge on any atom is -0.376 e. The van der Waals surface area contributed by atoms with E-state index >= 15 is 0 Å². The predicted octanol–water partition coefficient (Wildman–Crippen LogP) is 1.71. The Morgan fingerprint density at radius 1 is 1.17 bits per heavy atom. The summed E-state index contributed by atoms with van der Waals surface area (Å²) in [5.41, 5.74) is 1.31. The minimum atomic E-state index is 0.233. The summed E-state index contributed by atoms with van der Waals surface area (Å²) in [7, 11) is 0. The number of hydrogen-bond donors (Lipinski definition) is 1. The van der Waals surface area contributed by atoms with Crippen LogP contribution in [0.4, 0.5) is 0 Å². The first-order valence-corrected chi connectivity index (χ1v) is 6.73. The fourth-order valence-electron chi connectivity index (χ4n) is 3.00. The highest BCUT2D eigenvalue weighted by molar-refractivity contribution is 5.80. The van der Waals surface area contributed by atoms with Crippen molar-refractivity contribution in [1.29, 1.82) is 0 Å². The number of benzene rings is 1. The Bertz CT molecular complexity index is 418. The molecule has 1 aromatic rings. The lowest BCUT2D eigenvalue weighted by Crippen LogP contribution is -2.46. The van der Waals surface area contributed by atoms with E-state index in [0.717, 1.165) is 12.8 Å². The molecule has 0 aromatic heterocycles. The lowest BCUT2D eigenvalue weighted by molar-refractivity contribution is -0.121. The van der Waals surface area contributed by atoms with E-state index in [4.69, 9.17) is 4.74 Å². The molecule has 96 valence electrons. The molecule has 3 nitrogen and oxygen atoms in total. The minimum absolute atomic E-state index is 0.233. The van der Waals surface area contributed by atoms with Crippen LogP contribution in [0.15, 0.2) is 30.3 Å². The summed E-state index contributed by atoms with van der Waals surface area (Å²) in [6, 6.07) is 11.0. The van der Waals surface area contributed by atoms with Crippen molar-refractivity contribution in [2.45, 2.75) is 43.9 Å². The quantitative estimate of drug-likeness (QED) is 0.862. The molecule has 1 aromatic carbocycles. The molecular formula is C15H19NO2. The van der Waals surface area contributed by atoms with Gasteiger partial charge in [0.2, 0.25) is 0 Å². The lowest BCUT2D eigenvalue weighted by atomic mass is 9.94. The van der Waals surface area contributed by atoms with Crippen LogP contribution in [0.5, 0.6) is 0 Å². The summed E-state index contributed by atoms with van der Waals surface area (Å²) in [6.07, 6.45) is 3.43. The zero-order valence-electron chi connectivity index (χ0n) is 10.5. The molecule has 0 saturated carbocycles. The second kappa shape index (κ2) is 5.21. The number of ether oxygens (including phenoxy) is 1. The summed E-state index contributed by atoms with van der Waals surface area (Å²) >= 11 is 0. The monoisotopic (exact) mass is 245 g/mol. The molecule has 0 amide bonds. The van der Waals surface area contributed by atoms with Crippen molar-refractivity contribution >= 4 is 5.78 Å². The number of nitrogens with one attached hydrogen (secondary N) is 1. The maximum absolute atomic E-state index is 11.6. The van der Waals surface area contributed by atoms with Gasteiger partial charge in [0, 0.05) is 24.9 Å². The molecule has 0 aliphatic carbocycles. The molecule has 2 aliphatic heterocycles. The Labute approximate surface area is 108 Å².